The molecule has 0 spiro atoms. The molecule has 1 aliphatic rings. The van der Waals surface area contributed by atoms with Crippen LogP contribution < -0.4 is 10.6 Å². The molecule has 0 radical (unpaired) electrons. The maximum Gasteiger partial charge on any atom is 0.183 e. The summed E-state index contributed by atoms with van der Waals surface area (Å²) in [6.45, 7) is 6.38. The van der Waals surface area contributed by atoms with E-state index in [1.807, 2.05) is 6.07 Å². The van der Waals surface area contributed by atoms with Gasteiger partial charge in [0, 0.05) is 31.1 Å². The number of nitrogens with zero attached hydrogens (tertiary/aromatic N) is 2. The van der Waals surface area contributed by atoms with Crippen LogP contribution in [0.1, 0.15) is 55.7 Å². The van der Waals surface area contributed by atoms with E-state index in [-0.39, 0.29) is 19.3 Å². The van der Waals surface area contributed by atoms with Crippen LogP contribution in [-0.2, 0) is 12.3 Å². The highest BCUT2D eigenvalue weighted by atomic mass is 32.2. The van der Waals surface area contributed by atoms with Crippen LogP contribution in [0.25, 0.3) is 5.70 Å². The van der Waals surface area contributed by atoms with Crippen LogP contribution in [0, 0.1) is 5.92 Å². The molecule has 1 aliphatic heterocycles. The quantitative estimate of drug-likeness (QED) is 0.233. The molecule has 3 rings (SSSR count). The van der Waals surface area contributed by atoms with Gasteiger partial charge in [0.1, 0.15) is 5.69 Å². The lowest BCUT2D eigenvalue weighted by molar-refractivity contribution is 0.236. The maximum absolute atomic E-state index is 9.91. The predicted octanol–water partition coefficient (Wildman–Crippen LogP) is 4.68. The Kier molecular flexibility index (Phi) is 10.2. The topological polar surface area (TPSA) is 80.7 Å². The number of unbranched alkanes of at least 4 members (excludes halogenated alkanes) is 2. The highest BCUT2D eigenvalue weighted by molar-refractivity contribution is 7.96. The fraction of sp³-hybridized carbons (Fsp3) is 0.542. The molecule has 32 heavy (non-hydrogen) atoms. The van der Waals surface area contributed by atoms with Gasteiger partial charge in [0.2, 0.25) is 0 Å². The minimum absolute atomic E-state index is 0.00441. The number of benzene rings is 1. The van der Waals surface area contributed by atoms with Gasteiger partial charge in [-0.15, -0.1) is 0 Å². The van der Waals surface area contributed by atoms with Gasteiger partial charge in [-0.05, 0) is 49.1 Å². The molecule has 0 aliphatic carbocycles. The molecule has 8 heteroatoms. The van der Waals surface area contributed by atoms with E-state index in [0.717, 1.165) is 61.0 Å². The number of rotatable bonds is 14. The molecule has 0 amide bonds. The first-order valence-corrected chi connectivity index (χ1v) is 13.2. The third kappa shape index (κ3) is 7.69. The van der Waals surface area contributed by atoms with Crippen molar-refractivity contribution < 1.29 is 10.2 Å². The summed E-state index contributed by atoms with van der Waals surface area (Å²) in [5.74, 6) is 1.41. The summed E-state index contributed by atoms with van der Waals surface area (Å²) >= 11 is 3.50. The second-order valence-corrected chi connectivity index (χ2v) is 10.6. The second-order valence-electron chi connectivity index (χ2n) is 8.53. The van der Waals surface area contributed by atoms with E-state index >= 15 is 0 Å². The number of aliphatic hydroxyl groups excluding tert-OH is 2. The average Bonchev–Trinajstić information content (AvgIpc) is 3.20. The van der Waals surface area contributed by atoms with Crippen molar-refractivity contribution >= 4 is 34.1 Å². The number of hydrogen-bond acceptors (Lipinski definition) is 8. The third-order valence-corrected chi connectivity index (χ3v) is 7.24. The van der Waals surface area contributed by atoms with Crippen LogP contribution in [0.2, 0.25) is 0 Å². The summed E-state index contributed by atoms with van der Waals surface area (Å²) in [5.41, 5.74) is 3.27. The minimum atomic E-state index is 0.00441. The van der Waals surface area contributed by atoms with E-state index in [0.29, 0.717) is 5.92 Å². The van der Waals surface area contributed by atoms with Crippen molar-refractivity contribution in [3.05, 3.63) is 52.7 Å². The summed E-state index contributed by atoms with van der Waals surface area (Å²) in [7, 11) is 0. The van der Waals surface area contributed by atoms with Crippen LogP contribution >= 0.6 is 23.3 Å². The largest absolute Gasteiger partial charge is 0.396 e. The van der Waals surface area contributed by atoms with Crippen LogP contribution in [-0.4, -0.2) is 45.3 Å². The number of nitrogens with one attached hydrogen (secondary N) is 2. The van der Waals surface area contributed by atoms with Gasteiger partial charge < -0.3 is 25.2 Å². The normalized spacial score (nSPS) is 14.3. The van der Waals surface area contributed by atoms with E-state index in [4.69, 9.17) is 10.1 Å². The Hall–Kier alpha value is -1.74. The minimum Gasteiger partial charge on any atom is -0.396 e. The second kappa shape index (κ2) is 13.1. The Balaban J connectivity index is 1.71. The van der Waals surface area contributed by atoms with E-state index in [9.17, 15) is 5.11 Å². The molecule has 4 N–H and O–H groups in total. The molecule has 0 saturated carbocycles. The number of aromatic nitrogens is 1. The Labute approximate surface area is 200 Å². The van der Waals surface area contributed by atoms with E-state index < -0.39 is 0 Å². The lowest BCUT2D eigenvalue weighted by atomic mass is 10.0. The van der Waals surface area contributed by atoms with Crippen molar-refractivity contribution in [2.24, 2.45) is 5.92 Å². The Morgan fingerprint density at radius 1 is 1.16 bits per heavy atom. The molecule has 176 valence electrons. The molecule has 6 nitrogen and oxygen atoms in total. The van der Waals surface area contributed by atoms with Crippen molar-refractivity contribution in [3.63, 3.8) is 0 Å². The molecule has 0 bridgehead atoms. The van der Waals surface area contributed by atoms with Crippen LogP contribution in [0.5, 0.6) is 0 Å². The number of fused-ring (bicyclic) bond motifs is 1. The molecule has 2 aromatic rings. The van der Waals surface area contributed by atoms with Crippen LogP contribution in [0.4, 0.5) is 5.13 Å². The number of thiazole rings is 1. The maximum atomic E-state index is 9.91. The van der Waals surface area contributed by atoms with E-state index in [1.165, 1.54) is 10.4 Å². The molecule has 0 fully saturated rings. The van der Waals surface area contributed by atoms with Gasteiger partial charge in [0.05, 0.1) is 23.7 Å². The van der Waals surface area contributed by atoms with Gasteiger partial charge in [-0.2, -0.15) is 0 Å². The summed E-state index contributed by atoms with van der Waals surface area (Å²) in [6, 6.07) is 10.5. The van der Waals surface area contributed by atoms with E-state index in [1.54, 1.807) is 23.3 Å². The first-order chi connectivity index (χ1) is 15.6. The molecule has 1 atom stereocenters. The zero-order valence-electron chi connectivity index (χ0n) is 19.1. The van der Waals surface area contributed by atoms with Crippen LogP contribution in [0.15, 0.2) is 36.5 Å². The number of hydrogen-bond donors (Lipinski definition) is 4. The van der Waals surface area contributed by atoms with Gasteiger partial charge in [-0.25, -0.2) is 4.98 Å². The Bertz CT molecular complexity index is 842. The Morgan fingerprint density at radius 3 is 2.69 bits per heavy atom. The molecular formula is C24H36N4O2S2. The highest BCUT2D eigenvalue weighted by Crippen LogP contribution is 2.36. The number of anilines is 1. The number of aliphatic hydroxyl groups is 2. The van der Waals surface area contributed by atoms with Gasteiger partial charge >= 0.3 is 0 Å². The lowest BCUT2D eigenvalue weighted by Crippen LogP contribution is -2.34. The summed E-state index contributed by atoms with van der Waals surface area (Å²) in [4.78, 5) is 6.11. The SMILES string of the molecule is CC(C)C[C@H](CO)NC1=CN(SCc2ccccc2)Cc2sc(NCCCCCO)nc21. The zero-order chi connectivity index (χ0) is 22.8. The smallest absolute Gasteiger partial charge is 0.183 e. The average molecular weight is 477 g/mol. The molecule has 1 aromatic carbocycles. The first kappa shape index (κ1) is 24.9. The monoisotopic (exact) mass is 476 g/mol. The Morgan fingerprint density at radius 2 is 1.97 bits per heavy atom. The zero-order valence-corrected chi connectivity index (χ0v) is 20.7. The van der Waals surface area contributed by atoms with Crippen molar-refractivity contribution in [3.8, 4) is 0 Å². The predicted molar refractivity (Wildman–Crippen MR) is 136 cm³/mol. The molecule has 0 unspecified atom stereocenters. The lowest BCUT2D eigenvalue weighted by Gasteiger charge is -2.28. The van der Waals surface area contributed by atoms with Gasteiger partial charge in [-0.1, -0.05) is 55.5 Å². The van der Waals surface area contributed by atoms with Gasteiger partial charge in [-0.3, -0.25) is 0 Å². The fourth-order valence-corrected chi connectivity index (χ4v) is 5.62. The first-order valence-electron chi connectivity index (χ1n) is 11.5. The third-order valence-electron chi connectivity index (χ3n) is 5.21. The van der Waals surface area contributed by atoms with Gasteiger partial charge in [0.25, 0.3) is 0 Å². The summed E-state index contributed by atoms with van der Waals surface area (Å²) in [5, 5.41) is 26.8. The molecule has 0 saturated heterocycles. The van der Waals surface area contributed by atoms with Crippen molar-refractivity contribution in [2.45, 2.75) is 57.9 Å². The summed E-state index contributed by atoms with van der Waals surface area (Å²) < 4.78 is 2.27. The van der Waals surface area contributed by atoms with Crippen molar-refractivity contribution in [1.82, 2.24) is 14.6 Å². The van der Waals surface area contributed by atoms with Gasteiger partial charge in [0.15, 0.2) is 5.13 Å². The molecular weight excluding hydrogens is 440 g/mol. The molecule has 2 heterocycles. The standard InChI is InChI=1S/C24H36N4O2S2/c1-18(2)13-20(16-30)26-21-14-28(31-17-19-9-5-3-6-10-19)15-22-23(21)27-24(32-22)25-11-7-4-8-12-29/h3,5-6,9-10,14,18,20,26,29-30H,4,7-8,11-13,15-17H2,1-2H3,(H,25,27)/t20-/m1/s1. The van der Waals surface area contributed by atoms with Crippen molar-refractivity contribution in [2.75, 3.05) is 25.1 Å². The van der Waals surface area contributed by atoms with Crippen molar-refractivity contribution in [1.29, 1.82) is 0 Å². The summed E-state index contributed by atoms with van der Waals surface area (Å²) in [6.07, 6.45) is 5.92. The van der Waals surface area contributed by atoms with Crippen LogP contribution in [0.3, 0.4) is 0 Å². The fourth-order valence-electron chi connectivity index (χ4n) is 3.63. The molecule has 1 aromatic heterocycles. The highest BCUT2D eigenvalue weighted by Gasteiger charge is 2.25. The van der Waals surface area contributed by atoms with E-state index in [2.05, 4.69) is 59.3 Å².